The lowest BCUT2D eigenvalue weighted by atomic mass is 9.83. The molecule has 0 amide bonds. The van der Waals surface area contributed by atoms with E-state index in [1.165, 1.54) is 275 Å². The third-order valence-electron chi connectivity index (χ3n) is 27.7. The highest BCUT2D eigenvalue weighted by molar-refractivity contribution is 5.82. The Morgan fingerprint density at radius 3 is 1.01 bits per heavy atom. The van der Waals surface area contributed by atoms with Crippen LogP contribution in [0.3, 0.4) is 0 Å². The van der Waals surface area contributed by atoms with Gasteiger partial charge in [0.05, 0.1) is 0 Å². The highest BCUT2D eigenvalue weighted by atomic mass is 14.9. The molecular formula is C126H148N5+5. The lowest BCUT2D eigenvalue weighted by Gasteiger charge is -2.22. The van der Waals surface area contributed by atoms with Crippen LogP contribution < -0.4 is 22.8 Å². The van der Waals surface area contributed by atoms with Crippen LogP contribution in [0.2, 0.25) is 0 Å². The number of hydrogen-bond donors (Lipinski definition) is 0. The summed E-state index contributed by atoms with van der Waals surface area (Å²) in [7, 11) is 10.8. The molecule has 0 radical (unpaired) electrons. The number of hydrogen-bond acceptors (Lipinski definition) is 0. The van der Waals surface area contributed by atoms with Gasteiger partial charge in [-0.1, -0.05) is 224 Å². The minimum absolute atomic E-state index is 0.284. The highest BCUT2D eigenvalue weighted by Crippen LogP contribution is 2.43. The van der Waals surface area contributed by atoms with Gasteiger partial charge >= 0.3 is 0 Å². The third kappa shape index (κ3) is 23.5. The first-order valence-electron chi connectivity index (χ1n) is 48.4. The largest absolute Gasteiger partial charge is 0.212 e. The van der Waals surface area contributed by atoms with E-state index in [9.17, 15) is 0 Å². The fraction of sp³-hybridized carbons (Fsp3) is 0.325. The molecule has 2 aliphatic rings. The number of benzene rings is 10. The molecular weight excluding hydrogens is 1580 g/mol. The van der Waals surface area contributed by atoms with Crippen LogP contribution in [0, 0.1) is 122 Å². The molecule has 0 unspecified atom stereocenters. The maximum absolute atomic E-state index is 2.47. The predicted octanol–water partition coefficient (Wildman–Crippen LogP) is 30.7. The molecule has 15 aromatic rings. The summed E-state index contributed by atoms with van der Waals surface area (Å²) in [6.07, 6.45) is 25.6. The zero-order chi connectivity index (χ0) is 93.8. The third-order valence-corrected chi connectivity index (χ3v) is 27.7. The van der Waals surface area contributed by atoms with Crippen molar-refractivity contribution >= 4 is 0 Å². The van der Waals surface area contributed by atoms with Crippen molar-refractivity contribution in [2.75, 3.05) is 0 Å². The maximum atomic E-state index is 2.47. The Labute approximate surface area is 788 Å². The Morgan fingerprint density at radius 2 is 0.595 bits per heavy atom. The van der Waals surface area contributed by atoms with Crippen molar-refractivity contribution in [2.24, 2.45) is 46.6 Å². The fourth-order valence-electron chi connectivity index (χ4n) is 20.5. The smallest absolute Gasteiger partial charge is 0.201 e. The molecule has 2 aliphatic carbocycles. The van der Waals surface area contributed by atoms with Crippen molar-refractivity contribution in [3.63, 3.8) is 0 Å². The molecule has 131 heavy (non-hydrogen) atoms. The summed E-state index contributed by atoms with van der Waals surface area (Å²) in [6, 6.07) is 89.9. The van der Waals surface area contributed by atoms with Gasteiger partial charge in [-0.3, -0.25) is 0 Å². The van der Waals surface area contributed by atoms with Gasteiger partial charge in [-0.25, -0.2) is 22.8 Å². The van der Waals surface area contributed by atoms with Gasteiger partial charge in [0.2, 0.25) is 28.5 Å². The molecule has 0 atom stereocenters. The van der Waals surface area contributed by atoms with Crippen molar-refractivity contribution in [3.8, 4) is 112 Å². The summed E-state index contributed by atoms with van der Waals surface area (Å²) >= 11 is 0. The van der Waals surface area contributed by atoms with Crippen LogP contribution in [-0.2, 0) is 48.1 Å². The number of aromatic nitrogens is 5. The second-order valence-corrected chi connectivity index (χ2v) is 40.3. The van der Waals surface area contributed by atoms with E-state index in [2.05, 4.69) is 477 Å². The van der Waals surface area contributed by atoms with E-state index >= 15 is 0 Å². The molecule has 0 spiro atoms. The van der Waals surface area contributed by atoms with Crippen molar-refractivity contribution in [1.29, 1.82) is 0 Å². The average Bonchev–Trinajstić information content (AvgIpc) is 1.79. The van der Waals surface area contributed by atoms with E-state index in [1.54, 1.807) is 5.56 Å². The van der Waals surface area contributed by atoms with E-state index in [1.807, 2.05) is 0 Å². The molecule has 5 aromatic heterocycles. The summed E-state index contributed by atoms with van der Waals surface area (Å²) < 4.78 is 11.3. The van der Waals surface area contributed by atoms with Crippen LogP contribution in [0.25, 0.3) is 112 Å². The Bertz CT molecular complexity index is 6600. The Balaban J connectivity index is 0.000000140. The van der Waals surface area contributed by atoms with Gasteiger partial charge in [-0.05, 0) is 365 Å². The quantitative estimate of drug-likeness (QED) is 0.0912. The van der Waals surface area contributed by atoms with E-state index in [4.69, 9.17) is 0 Å². The highest BCUT2D eigenvalue weighted by Gasteiger charge is 2.28. The van der Waals surface area contributed by atoms with Crippen molar-refractivity contribution in [3.05, 3.63) is 385 Å². The molecule has 0 bridgehead atoms. The van der Waals surface area contributed by atoms with Gasteiger partial charge in [0, 0.05) is 87.5 Å². The Kier molecular flexibility index (Phi) is 31.6. The molecule has 5 heteroatoms. The van der Waals surface area contributed by atoms with E-state index in [0.717, 1.165) is 24.7 Å². The second kappa shape index (κ2) is 42.9. The SMILES string of the molecule is Cc1ccc(-c2cc(-c3ccccc3C)c(C)cc2C)[n+](C)c1.Cc1ccccc1-c1cc(-c2cc(C3CCCCC3)cc[n+]2C)c(C)cc1C.Cc1ccccc1-c1cc(-c2cc(CC(C)(C)C)cc[n+]2C)c(C)cc1C.Cc1ccccc1-c1cc(-c2cc(CC(C)C)cc[n+]2C)c(C)cc1C.Cc1ccccc1-c1ccc(C)c(-c2cc(C3CCCC3)c(C)c[n+]2C)c1. The Morgan fingerprint density at radius 1 is 0.260 bits per heavy atom. The zero-order valence-electron chi connectivity index (χ0n) is 84.2. The summed E-state index contributed by atoms with van der Waals surface area (Å²) in [5.74, 6) is 2.14. The molecule has 10 aromatic carbocycles. The van der Waals surface area contributed by atoms with Gasteiger partial charge in [0.25, 0.3) is 0 Å². The van der Waals surface area contributed by atoms with Gasteiger partial charge in [-0.15, -0.1) is 0 Å². The second-order valence-electron chi connectivity index (χ2n) is 40.3. The molecule has 0 N–H and O–H groups in total. The Hall–Kier alpha value is -12.1. The molecule has 2 fully saturated rings. The zero-order valence-corrected chi connectivity index (χ0v) is 84.2. The van der Waals surface area contributed by atoms with E-state index < -0.39 is 0 Å². The summed E-state index contributed by atoms with van der Waals surface area (Å²) in [5, 5.41) is 0. The first-order chi connectivity index (χ1) is 62.6. The van der Waals surface area contributed by atoms with Gasteiger partial charge in [0.15, 0.2) is 31.0 Å². The molecule has 5 heterocycles. The summed E-state index contributed by atoms with van der Waals surface area (Å²) in [5.41, 5.74) is 53.9. The van der Waals surface area contributed by atoms with Crippen molar-refractivity contribution in [2.45, 2.75) is 228 Å². The number of rotatable bonds is 15. The first kappa shape index (κ1) is 96.5. The average molecular weight is 1730 g/mol. The van der Waals surface area contributed by atoms with Crippen molar-refractivity contribution in [1.82, 2.24) is 0 Å². The monoisotopic (exact) mass is 1730 g/mol. The molecule has 672 valence electrons. The van der Waals surface area contributed by atoms with Crippen LogP contribution in [-0.4, -0.2) is 0 Å². The van der Waals surface area contributed by atoms with Crippen LogP contribution >= 0.6 is 0 Å². The van der Waals surface area contributed by atoms with Crippen LogP contribution in [0.4, 0.5) is 0 Å². The normalized spacial score (nSPS) is 12.8. The van der Waals surface area contributed by atoms with E-state index in [0.29, 0.717) is 5.92 Å². The predicted molar refractivity (Wildman–Crippen MR) is 557 cm³/mol. The lowest BCUT2D eigenvalue weighted by molar-refractivity contribution is -0.660. The standard InChI is InChI=1S/C27H32N.C26H30N.C26H32N.C25H30N.C22H24N/c1-19-10-8-9-13-24(19)25-18-26(21(3)16-20(25)2)27-17-23(14-15-28(27)4)22-11-6-5-7-12-22;1-18-9-5-8-12-23(18)22-14-13-19(2)25(15-22)26-16-24(20(3)17-27(26)4)21-10-6-7-11-21;1-18-10-8-9-11-22(18)23-16-24(20(3)14-19(23)2)25-15-21(12-13-27(25)7)17-26(4,5)6;1-17(2)13-21-11-12-26(6)25(15-21)24-16-23(19(4)14-20(24)5)22-10-8-7-9-18(22)3;1-15-10-11-22(23(5)14-15)21-13-20(17(3)12-18(21)4)19-9-7-6-8-16(19)2/h8-10,13-18,22H,5-7,11-12H2,1-4H3;5,8-9,12-17,21H,6-7,10-11H2,1-4H3;8-16H,17H2,1-7H3;7-12,14-17H,13H2,1-6H3;6-14H,1-5H3/q5*+1. The molecule has 0 saturated heterocycles. The molecule has 17 rings (SSSR count). The molecule has 0 aliphatic heterocycles. The fourth-order valence-corrected chi connectivity index (χ4v) is 20.5. The molecule has 5 nitrogen and oxygen atoms in total. The summed E-state index contributed by atoms with van der Waals surface area (Å²) in [6.45, 7) is 46.8. The number of aryl methyl sites for hydroxylation is 21. The van der Waals surface area contributed by atoms with Gasteiger partial charge in [0.1, 0.15) is 35.2 Å². The van der Waals surface area contributed by atoms with Crippen LogP contribution in [0.1, 0.15) is 216 Å². The van der Waals surface area contributed by atoms with Gasteiger partial charge < -0.3 is 0 Å². The van der Waals surface area contributed by atoms with E-state index in [-0.39, 0.29) is 5.41 Å². The lowest BCUT2D eigenvalue weighted by Crippen LogP contribution is -2.32. The number of pyridine rings is 5. The van der Waals surface area contributed by atoms with Crippen LogP contribution in [0.5, 0.6) is 0 Å². The van der Waals surface area contributed by atoms with Crippen molar-refractivity contribution < 1.29 is 22.8 Å². The molecule has 2 saturated carbocycles. The van der Waals surface area contributed by atoms with Gasteiger partial charge in [-0.2, -0.15) is 0 Å². The number of nitrogens with zero attached hydrogens (tertiary/aromatic N) is 5. The van der Waals surface area contributed by atoms with Crippen LogP contribution in [0.15, 0.2) is 274 Å². The minimum atomic E-state index is 0.284. The minimum Gasteiger partial charge on any atom is -0.201 e. The topological polar surface area (TPSA) is 19.4 Å². The first-order valence-corrected chi connectivity index (χ1v) is 48.4. The summed E-state index contributed by atoms with van der Waals surface area (Å²) in [4.78, 5) is 0. The maximum Gasteiger partial charge on any atom is 0.212 e.